The van der Waals surface area contributed by atoms with Crippen LogP contribution in [0.4, 0.5) is 8.78 Å². The molecule has 0 unspecified atom stereocenters. The lowest BCUT2D eigenvalue weighted by atomic mass is 10.1. The molecule has 0 aliphatic carbocycles. The maximum atomic E-state index is 12.8. The highest BCUT2D eigenvalue weighted by Gasteiger charge is 2.09. The molecule has 0 bridgehead atoms. The van der Waals surface area contributed by atoms with Gasteiger partial charge in [0.15, 0.2) is 5.78 Å². The Hall–Kier alpha value is -2.14. The average Bonchev–Trinajstić information content (AvgIpc) is 2.48. The molecule has 110 valence electrons. The van der Waals surface area contributed by atoms with Crippen molar-refractivity contribution in [3.05, 3.63) is 65.5 Å². The predicted molar refractivity (Wildman–Crippen MR) is 75.9 cm³/mol. The minimum atomic E-state index is -0.458. The molecule has 2 rings (SSSR count). The number of carbonyl (C=O) groups is 1. The van der Waals surface area contributed by atoms with Crippen molar-refractivity contribution in [1.82, 2.24) is 9.88 Å². The Morgan fingerprint density at radius 2 is 1.76 bits per heavy atom. The van der Waals surface area contributed by atoms with Crippen molar-refractivity contribution in [2.24, 2.45) is 0 Å². The van der Waals surface area contributed by atoms with Crippen molar-refractivity contribution in [2.75, 3.05) is 13.6 Å². The van der Waals surface area contributed by atoms with Gasteiger partial charge in [-0.2, -0.15) is 0 Å². The fraction of sp³-hybridized carbons (Fsp3) is 0.250. The predicted octanol–water partition coefficient (Wildman–Crippen LogP) is 3.06. The summed E-state index contributed by atoms with van der Waals surface area (Å²) in [4.78, 5) is 17.6. The lowest BCUT2D eigenvalue weighted by Crippen LogP contribution is -2.21. The van der Waals surface area contributed by atoms with Crippen LogP contribution < -0.4 is 0 Å². The van der Waals surface area contributed by atoms with Gasteiger partial charge in [-0.1, -0.05) is 12.1 Å². The van der Waals surface area contributed by atoms with Crippen LogP contribution in [-0.2, 0) is 6.54 Å². The van der Waals surface area contributed by atoms with E-state index in [9.17, 15) is 13.6 Å². The second-order valence-electron chi connectivity index (χ2n) is 4.90. The Morgan fingerprint density at radius 1 is 1.10 bits per heavy atom. The lowest BCUT2D eigenvalue weighted by molar-refractivity contribution is 0.0963. The second kappa shape index (κ2) is 7.04. The number of halogens is 2. The Bertz CT molecular complexity index is 597. The van der Waals surface area contributed by atoms with Gasteiger partial charge in [-0.15, -0.1) is 0 Å². The van der Waals surface area contributed by atoms with E-state index in [-0.39, 0.29) is 17.3 Å². The molecule has 5 heteroatoms. The molecular formula is C16H16F2N2O. The molecule has 1 heterocycles. The molecule has 0 saturated heterocycles. The molecule has 0 radical (unpaired) electrons. The van der Waals surface area contributed by atoms with Crippen LogP contribution in [0.5, 0.6) is 0 Å². The fourth-order valence-corrected chi connectivity index (χ4v) is 1.94. The van der Waals surface area contributed by atoms with Gasteiger partial charge in [-0.3, -0.25) is 9.78 Å². The van der Waals surface area contributed by atoms with Gasteiger partial charge in [-0.05, 0) is 36.9 Å². The van der Waals surface area contributed by atoms with Crippen LogP contribution in [0.3, 0.4) is 0 Å². The van der Waals surface area contributed by atoms with E-state index < -0.39 is 5.82 Å². The summed E-state index contributed by atoms with van der Waals surface area (Å²) in [6.07, 6.45) is 1.34. The average molecular weight is 290 g/mol. The SMILES string of the molecule is CN(CCC(=O)c1ccc(F)cn1)Cc1ccc(F)cc1. The molecule has 0 amide bonds. The summed E-state index contributed by atoms with van der Waals surface area (Å²) < 4.78 is 25.5. The van der Waals surface area contributed by atoms with Crippen molar-refractivity contribution < 1.29 is 13.6 Å². The summed E-state index contributed by atoms with van der Waals surface area (Å²) in [5.74, 6) is -0.847. The Balaban J connectivity index is 1.83. The van der Waals surface area contributed by atoms with E-state index >= 15 is 0 Å². The van der Waals surface area contributed by atoms with E-state index in [2.05, 4.69) is 4.98 Å². The van der Waals surface area contributed by atoms with Gasteiger partial charge >= 0.3 is 0 Å². The van der Waals surface area contributed by atoms with Gasteiger partial charge in [0.05, 0.1) is 6.20 Å². The van der Waals surface area contributed by atoms with Crippen molar-refractivity contribution in [3.63, 3.8) is 0 Å². The standard InChI is InChI=1S/C16H16F2N2O/c1-20(11-12-2-4-13(17)5-3-12)9-8-16(21)15-7-6-14(18)10-19-15/h2-7,10H,8-9,11H2,1H3. The highest BCUT2D eigenvalue weighted by atomic mass is 19.1. The summed E-state index contributed by atoms with van der Waals surface area (Å²) in [6, 6.07) is 8.87. The van der Waals surface area contributed by atoms with Gasteiger partial charge in [0.25, 0.3) is 0 Å². The maximum Gasteiger partial charge on any atom is 0.182 e. The van der Waals surface area contributed by atoms with Crippen LogP contribution >= 0.6 is 0 Å². The monoisotopic (exact) mass is 290 g/mol. The third kappa shape index (κ3) is 4.72. The van der Waals surface area contributed by atoms with Gasteiger partial charge in [0.1, 0.15) is 17.3 Å². The normalized spacial score (nSPS) is 10.9. The highest BCUT2D eigenvalue weighted by Crippen LogP contribution is 2.07. The number of hydrogen-bond acceptors (Lipinski definition) is 3. The first-order valence-corrected chi connectivity index (χ1v) is 6.62. The third-order valence-corrected chi connectivity index (χ3v) is 3.10. The number of rotatable bonds is 6. The minimum Gasteiger partial charge on any atom is -0.302 e. The molecule has 0 aliphatic rings. The zero-order valence-corrected chi connectivity index (χ0v) is 11.7. The first-order valence-electron chi connectivity index (χ1n) is 6.62. The highest BCUT2D eigenvalue weighted by molar-refractivity contribution is 5.94. The molecule has 0 fully saturated rings. The van der Waals surface area contributed by atoms with Gasteiger partial charge in [-0.25, -0.2) is 8.78 Å². The van der Waals surface area contributed by atoms with Crippen LogP contribution in [0.1, 0.15) is 22.5 Å². The maximum absolute atomic E-state index is 12.8. The van der Waals surface area contributed by atoms with Crippen LogP contribution in [0, 0.1) is 11.6 Å². The smallest absolute Gasteiger partial charge is 0.182 e. The lowest BCUT2D eigenvalue weighted by Gasteiger charge is -2.16. The van der Waals surface area contributed by atoms with E-state index in [1.807, 2.05) is 11.9 Å². The van der Waals surface area contributed by atoms with Gasteiger partial charge in [0.2, 0.25) is 0 Å². The topological polar surface area (TPSA) is 33.2 Å². The van der Waals surface area contributed by atoms with Gasteiger partial charge in [0, 0.05) is 19.5 Å². The third-order valence-electron chi connectivity index (χ3n) is 3.10. The number of Topliss-reactive ketones (excluding diaryl/α,β-unsaturated/α-hetero) is 1. The molecular weight excluding hydrogens is 274 g/mol. The van der Waals surface area contributed by atoms with Crippen LogP contribution in [0.25, 0.3) is 0 Å². The van der Waals surface area contributed by atoms with E-state index in [0.717, 1.165) is 11.8 Å². The van der Waals surface area contributed by atoms with E-state index in [1.165, 1.54) is 24.3 Å². The molecule has 0 spiro atoms. The first kappa shape index (κ1) is 15.3. The number of ketones is 1. The molecule has 1 aromatic heterocycles. The van der Waals surface area contributed by atoms with Crippen molar-refractivity contribution >= 4 is 5.78 Å². The second-order valence-corrected chi connectivity index (χ2v) is 4.90. The minimum absolute atomic E-state index is 0.124. The first-order chi connectivity index (χ1) is 10.0. The fourth-order valence-electron chi connectivity index (χ4n) is 1.94. The van der Waals surface area contributed by atoms with Crippen LogP contribution in [0.2, 0.25) is 0 Å². The summed E-state index contributed by atoms with van der Waals surface area (Å²) in [7, 11) is 1.88. The quantitative estimate of drug-likeness (QED) is 0.767. The largest absolute Gasteiger partial charge is 0.302 e. The number of aromatic nitrogens is 1. The molecule has 0 N–H and O–H groups in total. The van der Waals surface area contributed by atoms with Crippen molar-refractivity contribution in [2.45, 2.75) is 13.0 Å². The van der Waals surface area contributed by atoms with E-state index in [0.29, 0.717) is 19.5 Å². The zero-order valence-electron chi connectivity index (χ0n) is 11.7. The number of carbonyl (C=O) groups excluding carboxylic acids is 1. The van der Waals surface area contributed by atoms with Crippen molar-refractivity contribution in [1.29, 1.82) is 0 Å². The van der Waals surface area contributed by atoms with Gasteiger partial charge < -0.3 is 4.90 Å². The Kier molecular flexibility index (Phi) is 5.11. The van der Waals surface area contributed by atoms with Crippen LogP contribution in [-0.4, -0.2) is 29.3 Å². The Labute approximate surface area is 122 Å². The molecule has 0 saturated carbocycles. The number of pyridine rings is 1. The molecule has 1 aromatic carbocycles. The Morgan fingerprint density at radius 3 is 2.38 bits per heavy atom. The van der Waals surface area contributed by atoms with Crippen LogP contribution in [0.15, 0.2) is 42.6 Å². The summed E-state index contributed by atoms with van der Waals surface area (Å²) in [6.45, 7) is 1.18. The zero-order chi connectivity index (χ0) is 15.2. The van der Waals surface area contributed by atoms with E-state index in [1.54, 1.807) is 12.1 Å². The van der Waals surface area contributed by atoms with Crippen molar-refractivity contribution in [3.8, 4) is 0 Å². The number of nitrogens with zero attached hydrogens (tertiary/aromatic N) is 2. The molecule has 0 aliphatic heterocycles. The molecule has 3 nitrogen and oxygen atoms in total. The van der Waals surface area contributed by atoms with E-state index in [4.69, 9.17) is 0 Å². The summed E-state index contributed by atoms with van der Waals surface area (Å²) in [5.41, 5.74) is 1.25. The summed E-state index contributed by atoms with van der Waals surface area (Å²) in [5, 5.41) is 0. The number of benzene rings is 1. The molecule has 0 atom stereocenters. The summed E-state index contributed by atoms with van der Waals surface area (Å²) >= 11 is 0. The molecule has 21 heavy (non-hydrogen) atoms. The number of hydrogen-bond donors (Lipinski definition) is 0. The molecule has 2 aromatic rings.